The molecular formula is C40H46N2O2. The molecule has 0 bridgehead atoms. The predicted octanol–water partition coefficient (Wildman–Crippen LogP) is 9.88. The van der Waals surface area contributed by atoms with E-state index in [1.807, 2.05) is 61.0 Å². The SMILES string of the molecule is CC(C)(C)c1cc(-c2ccccc2)cc(C=N[C@@H]2CCCC[C@H]2N=Cc2cc(-c3ccccc3)cc(C(C)(C)C)c2O)c1O. The Hall–Kier alpha value is -4.18. The zero-order valence-corrected chi connectivity index (χ0v) is 27.0. The highest BCUT2D eigenvalue weighted by Gasteiger charge is 2.26. The van der Waals surface area contributed by atoms with Crippen LogP contribution in [0.3, 0.4) is 0 Å². The molecule has 4 nitrogen and oxygen atoms in total. The molecule has 1 fully saturated rings. The fourth-order valence-electron chi connectivity index (χ4n) is 6.04. The van der Waals surface area contributed by atoms with Crippen LogP contribution in [0.1, 0.15) is 89.5 Å². The molecule has 4 aromatic carbocycles. The third-order valence-corrected chi connectivity index (χ3v) is 8.61. The number of phenolic OH excluding ortho intramolecular Hbond substituents is 2. The van der Waals surface area contributed by atoms with Crippen molar-refractivity contribution in [3.05, 3.63) is 107 Å². The number of rotatable bonds is 6. The fraction of sp³-hybridized carbons (Fsp3) is 0.350. The average Bonchev–Trinajstić information content (AvgIpc) is 3.00. The maximum atomic E-state index is 11.3. The first-order chi connectivity index (χ1) is 20.9. The highest BCUT2D eigenvalue weighted by Crippen LogP contribution is 2.38. The summed E-state index contributed by atoms with van der Waals surface area (Å²) in [4.78, 5) is 10.1. The van der Waals surface area contributed by atoms with Crippen molar-refractivity contribution in [2.45, 2.75) is 90.1 Å². The molecule has 0 unspecified atom stereocenters. The van der Waals surface area contributed by atoms with Crippen LogP contribution in [0.25, 0.3) is 22.3 Å². The van der Waals surface area contributed by atoms with Gasteiger partial charge < -0.3 is 10.2 Å². The summed E-state index contributed by atoms with van der Waals surface area (Å²) in [6.07, 6.45) is 7.77. The van der Waals surface area contributed by atoms with Crippen LogP contribution in [0, 0.1) is 0 Å². The van der Waals surface area contributed by atoms with Crippen molar-refractivity contribution in [3.63, 3.8) is 0 Å². The second kappa shape index (κ2) is 12.8. The molecule has 1 aliphatic rings. The Bertz CT molecular complexity index is 1520. The van der Waals surface area contributed by atoms with E-state index in [0.717, 1.165) is 70.2 Å². The number of phenols is 2. The number of nitrogens with zero attached hydrogens (tertiary/aromatic N) is 2. The largest absolute Gasteiger partial charge is 0.507 e. The van der Waals surface area contributed by atoms with Crippen LogP contribution in [0.5, 0.6) is 11.5 Å². The molecule has 4 aromatic rings. The molecule has 0 radical (unpaired) electrons. The van der Waals surface area contributed by atoms with Gasteiger partial charge in [0, 0.05) is 34.7 Å². The lowest BCUT2D eigenvalue weighted by molar-refractivity contribution is 0.390. The smallest absolute Gasteiger partial charge is 0.128 e. The molecule has 44 heavy (non-hydrogen) atoms. The summed E-state index contributed by atoms with van der Waals surface area (Å²) in [5.41, 5.74) is 7.17. The van der Waals surface area contributed by atoms with Crippen molar-refractivity contribution < 1.29 is 10.2 Å². The first-order valence-corrected chi connectivity index (χ1v) is 15.8. The van der Waals surface area contributed by atoms with E-state index in [1.54, 1.807) is 0 Å². The molecule has 0 aliphatic heterocycles. The molecular weight excluding hydrogens is 540 g/mol. The van der Waals surface area contributed by atoms with Gasteiger partial charge in [0.1, 0.15) is 11.5 Å². The fourth-order valence-corrected chi connectivity index (χ4v) is 6.04. The number of aromatic hydroxyl groups is 2. The van der Waals surface area contributed by atoms with Gasteiger partial charge in [-0.2, -0.15) is 0 Å². The molecule has 4 heteroatoms. The van der Waals surface area contributed by atoms with Crippen molar-refractivity contribution in [2.24, 2.45) is 9.98 Å². The number of hydrogen-bond donors (Lipinski definition) is 2. The third kappa shape index (κ3) is 7.13. The minimum Gasteiger partial charge on any atom is -0.507 e. The molecule has 5 rings (SSSR count). The van der Waals surface area contributed by atoms with Gasteiger partial charge in [-0.3, -0.25) is 9.98 Å². The van der Waals surface area contributed by atoms with Gasteiger partial charge in [-0.05, 0) is 70.2 Å². The monoisotopic (exact) mass is 586 g/mol. The van der Waals surface area contributed by atoms with E-state index in [0.29, 0.717) is 0 Å². The van der Waals surface area contributed by atoms with Crippen LogP contribution in [0.2, 0.25) is 0 Å². The molecule has 0 heterocycles. The molecule has 0 spiro atoms. The highest BCUT2D eigenvalue weighted by atomic mass is 16.3. The van der Waals surface area contributed by atoms with E-state index in [1.165, 1.54) is 0 Å². The second-order valence-corrected chi connectivity index (χ2v) is 14.1. The first kappa shape index (κ1) is 31.3. The van der Waals surface area contributed by atoms with Gasteiger partial charge in [0.05, 0.1) is 12.1 Å². The Balaban J connectivity index is 1.48. The molecule has 0 amide bonds. The molecule has 0 aromatic heterocycles. The Morgan fingerprint density at radius 2 is 0.909 bits per heavy atom. The predicted molar refractivity (Wildman–Crippen MR) is 186 cm³/mol. The minimum absolute atomic E-state index is 0.000552. The second-order valence-electron chi connectivity index (χ2n) is 14.1. The van der Waals surface area contributed by atoms with Crippen LogP contribution in [-0.2, 0) is 10.8 Å². The van der Waals surface area contributed by atoms with Gasteiger partial charge >= 0.3 is 0 Å². The summed E-state index contributed by atoms with van der Waals surface area (Å²) in [5, 5.41) is 22.7. The summed E-state index contributed by atoms with van der Waals surface area (Å²) in [6, 6.07) is 28.8. The Kier molecular flexibility index (Phi) is 9.10. The maximum absolute atomic E-state index is 11.3. The van der Waals surface area contributed by atoms with Gasteiger partial charge in [0.15, 0.2) is 0 Å². The van der Waals surface area contributed by atoms with Gasteiger partial charge in [0.25, 0.3) is 0 Å². The Morgan fingerprint density at radius 1 is 0.545 bits per heavy atom. The lowest BCUT2D eigenvalue weighted by atomic mass is 9.83. The summed E-state index contributed by atoms with van der Waals surface area (Å²) >= 11 is 0. The summed E-state index contributed by atoms with van der Waals surface area (Å²) < 4.78 is 0. The highest BCUT2D eigenvalue weighted by molar-refractivity contribution is 5.89. The zero-order valence-electron chi connectivity index (χ0n) is 27.0. The molecule has 1 aliphatic carbocycles. The molecule has 2 N–H and O–H groups in total. The van der Waals surface area contributed by atoms with Crippen molar-refractivity contribution in [2.75, 3.05) is 0 Å². The van der Waals surface area contributed by atoms with Gasteiger partial charge in [0.2, 0.25) is 0 Å². The van der Waals surface area contributed by atoms with Gasteiger partial charge in [-0.1, -0.05) is 115 Å². The Labute approximate surface area is 263 Å². The van der Waals surface area contributed by atoms with E-state index < -0.39 is 0 Å². The number of aliphatic imine (C=N–C) groups is 2. The van der Waals surface area contributed by atoms with Crippen LogP contribution in [0.4, 0.5) is 0 Å². The van der Waals surface area contributed by atoms with Crippen molar-refractivity contribution in [3.8, 4) is 33.8 Å². The topological polar surface area (TPSA) is 65.2 Å². The van der Waals surface area contributed by atoms with Crippen molar-refractivity contribution in [1.82, 2.24) is 0 Å². The van der Waals surface area contributed by atoms with Crippen LogP contribution < -0.4 is 0 Å². The van der Waals surface area contributed by atoms with E-state index in [-0.39, 0.29) is 34.4 Å². The molecule has 228 valence electrons. The van der Waals surface area contributed by atoms with E-state index in [2.05, 4.69) is 77.9 Å². The zero-order chi connectivity index (χ0) is 31.5. The molecule has 1 saturated carbocycles. The van der Waals surface area contributed by atoms with Crippen LogP contribution >= 0.6 is 0 Å². The third-order valence-electron chi connectivity index (χ3n) is 8.61. The average molecular weight is 587 g/mol. The van der Waals surface area contributed by atoms with E-state index >= 15 is 0 Å². The first-order valence-electron chi connectivity index (χ1n) is 15.8. The van der Waals surface area contributed by atoms with Gasteiger partial charge in [-0.25, -0.2) is 0 Å². The lowest BCUT2D eigenvalue weighted by Crippen LogP contribution is -2.27. The molecule has 2 atom stereocenters. The molecule has 0 saturated heterocycles. The van der Waals surface area contributed by atoms with Crippen LogP contribution in [-0.4, -0.2) is 34.7 Å². The Morgan fingerprint density at radius 3 is 1.25 bits per heavy atom. The summed E-state index contributed by atoms with van der Waals surface area (Å²) in [7, 11) is 0. The number of hydrogen-bond acceptors (Lipinski definition) is 4. The van der Waals surface area contributed by atoms with Crippen molar-refractivity contribution in [1.29, 1.82) is 0 Å². The lowest BCUT2D eigenvalue weighted by Gasteiger charge is -2.26. The van der Waals surface area contributed by atoms with E-state index in [4.69, 9.17) is 9.98 Å². The summed E-state index contributed by atoms with van der Waals surface area (Å²) in [5.74, 6) is 0.573. The maximum Gasteiger partial charge on any atom is 0.128 e. The van der Waals surface area contributed by atoms with Crippen molar-refractivity contribution >= 4 is 12.4 Å². The van der Waals surface area contributed by atoms with E-state index in [9.17, 15) is 10.2 Å². The quantitative estimate of drug-likeness (QED) is 0.221. The normalized spacial score (nSPS) is 17.9. The van der Waals surface area contributed by atoms with Crippen LogP contribution in [0.15, 0.2) is 94.9 Å². The van der Waals surface area contributed by atoms with Gasteiger partial charge in [-0.15, -0.1) is 0 Å². The standard InChI is InChI=1S/C40H46N2O2/c1-39(2,3)33-23-29(27-15-9-7-10-16-27)21-31(37(33)43)25-41-35-19-13-14-20-36(35)42-26-32-22-30(28-17-11-8-12-18-28)24-34(38(32)44)40(4,5)6/h7-12,15-18,21-26,35-36,43-44H,13-14,19-20H2,1-6H3/t35-,36-/m1/s1. The minimum atomic E-state index is -0.225. The summed E-state index contributed by atoms with van der Waals surface area (Å²) in [6.45, 7) is 12.7. The number of benzene rings is 4.